The van der Waals surface area contributed by atoms with Gasteiger partial charge in [0, 0.05) is 28.3 Å². The van der Waals surface area contributed by atoms with Crippen molar-refractivity contribution >= 4 is 11.6 Å². The minimum Gasteiger partial charge on any atom is -0.453 e. The van der Waals surface area contributed by atoms with Crippen LogP contribution in [0.3, 0.4) is 0 Å². The van der Waals surface area contributed by atoms with Crippen LogP contribution < -0.4 is 0 Å². The molecule has 32 heavy (non-hydrogen) atoms. The van der Waals surface area contributed by atoms with Crippen molar-refractivity contribution in [2.45, 2.75) is 6.92 Å². The van der Waals surface area contributed by atoms with Gasteiger partial charge in [-0.1, -0.05) is 84.4 Å². The normalized spacial score (nSPS) is 10.5. The van der Waals surface area contributed by atoms with Crippen molar-refractivity contribution in [2.75, 3.05) is 6.61 Å². The number of aliphatic hydroxyl groups is 1. The Labute approximate surface area is 192 Å². The maximum absolute atomic E-state index is 7.57. The lowest BCUT2D eigenvalue weighted by atomic mass is 10.1. The van der Waals surface area contributed by atoms with Gasteiger partial charge < -0.3 is 14.5 Å². The third-order valence-electron chi connectivity index (χ3n) is 4.76. The van der Waals surface area contributed by atoms with E-state index in [4.69, 9.17) is 26.1 Å². The maximum atomic E-state index is 7.57. The molecule has 2 heterocycles. The number of nitrogens with one attached hydrogen (secondary N) is 1. The minimum atomic E-state index is 0.250. The van der Waals surface area contributed by atoms with Crippen LogP contribution in [0.25, 0.3) is 45.4 Å². The Morgan fingerprint density at radius 2 is 1.38 bits per heavy atom. The molecule has 0 aliphatic rings. The Bertz CT molecular complexity index is 1220. The highest BCUT2D eigenvalue weighted by Crippen LogP contribution is 2.35. The zero-order valence-corrected chi connectivity index (χ0v) is 18.4. The molecule has 0 saturated carbocycles. The average Bonchev–Trinajstić information content (AvgIpc) is 3.49. The Morgan fingerprint density at radius 1 is 0.781 bits per heavy atom. The lowest BCUT2D eigenvalue weighted by Crippen LogP contribution is -1.82. The Hall–Kier alpha value is -3.60. The molecule has 0 atom stereocenters. The summed E-state index contributed by atoms with van der Waals surface area (Å²) in [6.45, 7) is 1.93. The van der Waals surface area contributed by atoms with E-state index in [1.54, 1.807) is 6.92 Å². The number of hydrogen-bond donors (Lipinski definition) is 2. The molecule has 0 saturated heterocycles. The number of H-pyrrole nitrogens is 1. The quantitative estimate of drug-likeness (QED) is 0.306. The molecule has 160 valence electrons. The second kappa shape index (κ2) is 10.1. The standard InChI is InChI=1S/C25H17ClN2O.C2H6O/c26-20-13-7-12-19(16-20)21-14-15-22(29-21)25-27-23(17-8-3-1-4-9-17)24(28-25)18-10-5-2-6-11-18;1-2-3/h1-16H,(H,27,28);3H,2H2,1H3. The van der Waals surface area contributed by atoms with Crippen molar-refractivity contribution in [3.05, 3.63) is 102 Å². The molecular weight excluding hydrogens is 420 g/mol. The number of aromatic nitrogens is 2. The van der Waals surface area contributed by atoms with E-state index in [1.165, 1.54) is 0 Å². The Kier molecular flexibility index (Phi) is 6.85. The fraction of sp³-hybridized carbons (Fsp3) is 0.0741. The van der Waals surface area contributed by atoms with Crippen molar-refractivity contribution < 1.29 is 9.52 Å². The molecule has 5 rings (SSSR count). The monoisotopic (exact) mass is 442 g/mol. The fourth-order valence-electron chi connectivity index (χ4n) is 3.37. The SMILES string of the molecule is CCO.Clc1cccc(-c2ccc(-c3nc(-c4ccccc4)c(-c4ccccc4)[nH]3)o2)c1. The van der Waals surface area contributed by atoms with E-state index in [2.05, 4.69) is 29.2 Å². The molecule has 0 bridgehead atoms. The summed E-state index contributed by atoms with van der Waals surface area (Å²) < 4.78 is 6.10. The number of halogens is 1. The summed E-state index contributed by atoms with van der Waals surface area (Å²) in [4.78, 5) is 8.33. The number of hydrogen-bond acceptors (Lipinski definition) is 3. The van der Waals surface area contributed by atoms with Crippen LogP contribution in [0.5, 0.6) is 0 Å². The lowest BCUT2D eigenvalue weighted by Gasteiger charge is -2.02. The van der Waals surface area contributed by atoms with Crippen LogP contribution in [0.2, 0.25) is 5.02 Å². The van der Waals surface area contributed by atoms with Crippen LogP contribution in [-0.4, -0.2) is 21.7 Å². The summed E-state index contributed by atoms with van der Waals surface area (Å²) in [5.74, 6) is 2.12. The highest BCUT2D eigenvalue weighted by atomic mass is 35.5. The molecule has 0 fully saturated rings. The first-order valence-corrected chi connectivity index (χ1v) is 10.7. The minimum absolute atomic E-state index is 0.250. The van der Waals surface area contributed by atoms with Crippen molar-refractivity contribution in [1.29, 1.82) is 0 Å². The maximum Gasteiger partial charge on any atom is 0.174 e. The number of benzene rings is 3. The van der Waals surface area contributed by atoms with Crippen LogP contribution in [0.1, 0.15) is 6.92 Å². The summed E-state index contributed by atoms with van der Waals surface area (Å²) in [7, 11) is 0. The predicted octanol–water partition coefficient (Wildman–Crippen LogP) is 7.32. The molecule has 0 aliphatic carbocycles. The lowest BCUT2D eigenvalue weighted by molar-refractivity contribution is 0.318. The van der Waals surface area contributed by atoms with E-state index in [0.29, 0.717) is 16.6 Å². The molecule has 2 N–H and O–H groups in total. The van der Waals surface area contributed by atoms with Gasteiger partial charge in [0.15, 0.2) is 11.6 Å². The summed E-state index contributed by atoms with van der Waals surface area (Å²) >= 11 is 6.12. The average molecular weight is 443 g/mol. The fourth-order valence-corrected chi connectivity index (χ4v) is 3.56. The molecule has 0 unspecified atom stereocenters. The summed E-state index contributed by atoms with van der Waals surface area (Å²) in [5, 5.41) is 8.25. The first kappa shape index (κ1) is 21.6. The molecule has 0 amide bonds. The zero-order valence-electron chi connectivity index (χ0n) is 17.6. The number of furan rings is 1. The van der Waals surface area contributed by atoms with Crippen LogP contribution in [0.15, 0.2) is 101 Å². The van der Waals surface area contributed by atoms with Gasteiger partial charge in [0.05, 0.1) is 11.4 Å². The van der Waals surface area contributed by atoms with Gasteiger partial charge >= 0.3 is 0 Å². The van der Waals surface area contributed by atoms with E-state index in [1.807, 2.05) is 72.8 Å². The number of aromatic amines is 1. The Balaban J connectivity index is 0.000000775. The predicted molar refractivity (Wildman–Crippen MR) is 130 cm³/mol. The summed E-state index contributed by atoms with van der Waals surface area (Å²) in [6, 6.07) is 31.8. The van der Waals surface area contributed by atoms with Crippen LogP contribution >= 0.6 is 11.6 Å². The van der Waals surface area contributed by atoms with E-state index in [0.717, 1.165) is 33.8 Å². The van der Waals surface area contributed by atoms with E-state index in [9.17, 15) is 0 Å². The first-order valence-electron chi connectivity index (χ1n) is 10.4. The Morgan fingerprint density at radius 3 is 2.03 bits per heavy atom. The van der Waals surface area contributed by atoms with E-state index >= 15 is 0 Å². The smallest absolute Gasteiger partial charge is 0.174 e. The van der Waals surface area contributed by atoms with Crippen LogP contribution in [-0.2, 0) is 0 Å². The molecule has 5 aromatic rings. The van der Waals surface area contributed by atoms with E-state index in [-0.39, 0.29) is 6.61 Å². The van der Waals surface area contributed by atoms with Gasteiger partial charge in [-0.15, -0.1) is 0 Å². The third-order valence-corrected chi connectivity index (χ3v) is 5.00. The molecule has 0 aliphatic heterocycles. The van der Waals surface area contributed by atoms with Gasteiger partial charge in [-0.3, -0.25) is 0 Å². The van der Waals surface area contributed by atoms with Crippen molar-refractivity contribution in [1.82, 2.24) is 9.97 Å². The second-order valence-corrected chi connectivity index (χ2v) is 7.47. The molecule has 0 radical (unpaired) electrons. The molecule has 4 nitrogen and oxygen atoms in total. The third kappa shape index (κ3) is 4.83. The van der Waals surface area contributed by atoms with Gasteiger partial charge in [-0.25, -0.2) is 4.98 Å². The van der Waals surface area contributed by atoms with Crippen molar-refractivity contribution in [2.24, 2.45) is 0 Å². The van der Waals surface area contributed by atoms with E-state index < -0.39 is 0 Å². The first-order chi connectivity index (χ1) is 15.7. The second-order valence-electron chi connectivity index (χ2n) is 7.03. The number of imidazole rings is 1. The molecule has 2 aromatic heterocycles. The van der Waals surface area contributed by atoms with Gasteiger partial charge in [0.1, 0.15) is 5.76 Å². The summed E-state index contributed by atoms with van der Waals surface area (Å²) in [6.07, 6.45) is 0. The number of rotatable bonds is 4. The highest BCUT2D eigenvalue weighted by molar-refractivity contribution is 6.30. The summed E-state index contributed by atoms with van der Waals surface area (Å²) in [5.41, 5.74) is 4.92. The molecule has 0 spiro atoms. The van der Waals surface area contributed by atoms with Gasteiger partial charge in [-0.2, -0.15) is 0 Å². The number of nitrogens with zero attached hydrogens (tertiary/aromatic N) is 1. The van der Waals surface area contributed by atoms with Gasteiger partial charge in [0.2, 0.25) is 0 Å². The number of aliphatic hydroxyl groups excluding tert-OH is 1. The highest BCUT2D eigenvalue weighted by Gasteiger charge is 2.17. The van der Waals surface area contributed by atoms with Gasteiger partial charge in [-0.05, 0) is 31.2 Å². The molecular formula is C27H23ClN2O2. The van der Waals surface area contributed by atoms with Gasteiger partial charge in [0.25, 0.3) is 0 Å². The largest absolute Gasteiger partial charge is 0.453 e. The topological polar surface area (TPSA) is 62.1 Å². The van der Waals surface area contributed by atoms with Crippen LogP contribution in [0.4, 0.5) is 0 Å². The zero-order chi connectivity index (χ0) is 22.3. The van der Waals surface area contributed by atoms with Crippen LogP contribution in [0, 0.1) is 0 Å². The van der Waals surface area contributed by atoms with Crippen molar-refractivity contribution in [3.8, 4) is 45.4 Å². The van der Waals surface area contributed by atoms with Crippen molar-refractivity contribution in [3.63, 3.8) is 0 Å². The molecule has 5 heteroatoms. The molecule has 3 aromatic carbocycles.